The monoisotopic (exact) mass is 570 g/mol. The molecule has 5 nitrogen and oxygen atoms in total. The molecule has 0 saturated carbocycles. The van der Waals surface area contributed by atoms with Gasteiger partial charge in [-0.05, 0) is 35.4 Å². The molecule has 0 atom stereocenters. The van der Waals surface area contributed by atoms with Crippen molar-refractivity contribution in [2.45, 2.75) is 6.54 Å². The van der Waals surface area contributed by atoms with E-state index in [1.165, 1.54) is 9.12 Å². The summed E-state index contributed by atoms with van der Waals surface area (Å²) in [5.74, 6) is -0.162. The minimum atomic E-state index is -0.162. The number of halogens is 2. The minimum Gasteiger partial charge on any atom is -0.348 e. The van der Waals surface area contributed by atoms with Gasteiger partial charge in [0, 0.05) is 71.8 Å². The topological polar surface area (TPSA) is 59.8 Å². The fourth-order valence-corrected chi connectivity index (χ4v) is 5.20. The van der Waals surface area contributed by atoms with E-state index >= 15 is 0 Å². The number of benzene rings is 2. The van der Waals surface area contributed by atoms with Crippen LogP contribution in [0.3, 0.4) is 0 Å². The third kappa shape index (κ3) is 4.07. The maximum absolute atomic E-state index is 12.8. The van der Waals surface area contributed by atoms with Gasteiger partial charge in [0.05, 0.1) is 16.1 Å². The zero-order valence-corrected chi connectivity index (χ0v) is 20.4. The van der Waals surface area contributed by atoms with Crippen LogP contribution < -0.4 is 5.32 Å². The first kappa shape index (κ1) is 21.2. The Balaban J connectivity index is 1.56. The van der Waals surface area contributed by atoms with E-state index in [9.17, 15) is 4.79 Å². The van der Waals surface area contributed by atoms with Gasteiger partial charge in [0.1, 0.15) is 0 Å². The molecule has 0 aliphatic carbocycles. The van der Waals surface area contributed by atoms with Crippen molar-refractivity contribution in [3.8, 4) is 11.1 Å². The van der Waals surface area contributed by atoms with Crippen LogP contribution in [-0.4, -0.2) is 19.8 Å². The first-order valence-electron chi connectivity index (χ1n) is 9.81. The Labute approximate surface area is 205 Å². The van der Waals surface area contributed by atoms with Gasteiger partial charge in [-0.3, -0.25) is 13.8 Å². The molecule has 3 heterocycles. The number of nitrogens with one attached hydrogen (secondary N) is 1. The highest BCUT2D eigenvalue weighted by Crippen LogP contribution is 2.37. The second-order valence-electron chi connectivity index (χ2n) is 7.23. The molecule has 5 rings (SSSR count). The summed E-state index contributed by atoms with van der Waals surface area (Å²) in [5.41, 5.74) is 5.03. The van der Waals surface area contributed by atoms with Crippen molar-refractivity contribution >= 4 is 69.8 Å². The molecule has 3 aromatic heterocycles. The van der Waals surface area contributed by atoms with E-state index < -0.39 is 0 Å². The van der Waals surface area contributed by atoms with Crippen LogP contribution in [-0.2, 0) is 6.54 Å². The summed E-state index contributed by atoms with van der Waals surface area (Å²) in [4.78, 5) is 21.8. The lowest BCUT2D eigenvalue weighted by molar-refractivity contribution is 0.0950. The Morgan fingerprint density at radius 2 is 1.94 bits per heavy atom. The standard InChI is InChI=1S/C24H16ClIN4OS/c25-21-11-17(9-16-7-4-8-27-22(16)21)20-14-30(32-26)23-19(20)10-18(13-28-23)24(31)29-12-15-5-2-1-3-6-15/h1-11,13-14H,12H2,(H,29,31). The molecule has 0 saturated heterocycles. The minimum absolute atomic E-state index is 0.162. The molecular formula is C24H16ClIN4OS. The molecule has 0 spiro atoms. The molecule has 0 bridgehead atoms. The number of pyridine rings is 2. The Kier molecular flexibility index (Phi) is 6.03. The fraction of sp³-hybridized carbons (Fsp3) is 0.0417. The summed E-state index contributed by atoms with van der Waals surface area (Å²) in [5, 5.41) is 5.41. The van der Waals surface area contributed by atoms with E-state index in [-0.39, 0.29) is 5.91 Å². The van der Waals surface area contributed by atoms with Crippen molar-refractivity contribution in [2.75, 3.05) is 0 Å². The third-order valence-corrected chi connectivity index (χ3v) is 7.20. The summed E-state index contributed by atoms with van der Waals surface area (Å²) >= 11 is 8.75. The van der Waals surface area contributed by atoms with Crippen molar-refractivity contribution in [1.82, 2.24) is 19.3 Å². The van der Waals surface area contributed by atoms with Gasteiger partial charge in [-0.25, -0.2) is 4.98 Å². The van der Waals surface area contributed by atoms with Crippen molar-refractivity contribution in [3.63, 3.8) is 0 Å². The second kappa shape index (κ2) is 9.09. The molecule has 0 aliphatic heterocycles. The van der Waals surface area contributed by atoms with Crippen molar-refractivity contribution < 1.29 is 4.79 Å². The third-order valence-electron chi connectivity index (χ3n) is 5.21. The van der Waals surface area contributed by atoms with E-state index in [0.717, 1.165) is 38.6 Å². The summed E-state index contributed by atoms with van der Waals surface area (Å²) in [6.45, 7) is 0.461. The van der Waals surface area contributed by atoms with Crippen molar-refractivity contribution in [2.24, 2.45) is 0 Å². The summed E-state index contributed by atoms with van der Waals surface area (Å²) in [6, 6.07) is 19.6. The summed E-state index contributed by atoms with van der Waals surface area (Å²) in [6.07, 6.45) is 5.37. The molecule has 158 valence electrons. The van der Waals surface area contributed by atoms with Crippen LogP contribution in [0.4, 0.5) is 0 Å². The fourth-order valence-electron chi connectivity index (χ4n) is 3.67. The quantitative estimate of drug-likeness (QED) is 0.240. The molecule has 0 aliphatic rings. The van der Waals surface area contributed by atoms with Crippen molar-refractivity contribution in [1.29, 1.82) is 0 Å². The maximum atomic E-state index is 12.8. The van der Waals surface area contributed by atoms with Crippen LogP contribution in [0.1, 0.15) is 15.9 Å². The zero-order valence-electron chi connectivity index (χ0n) is 16.6. The van der Waals surface area contributed by atoms with Gasteiger partial charge in [-0.2, -0.15) is 0 Å². The van der Waals surface area contributed by atoms with Gasteiger partial charge in [0.15, 0.2) is 5.65 Å². The Bertz CT molecular complexity index is 1460. The first-order chi connectivity index (χ1) is 15.6. The van der Waals surface area contributed by atoms with Gasteiger partial charge < -0.3 is 5.32 Å². The SMILES string of the molecule is O=C(NCc1ccccc1)c1cnc2c(c1)c(-c1cc(Cl)c3ncccc3c1)cn2SI. The van der Waals surface area contributed by atoms with Gasteiger partial charge >= 0.3 is 0 Å². The molecule has 1 N–H and O–H groups in total. The van der Waals surface area contributed by atoms with E-state index in [0.29, 0.717) is 17.1 Å². The Morgan fingerprint density at radius 1 is 1.09 bits per heavy atom. The molecule has 0 fully saturated rings. The predicted octanol–water partition coefficient (Wildman–Crippen LogP) is 6.68. The van der Waals surface area contributed by atoms with E-state index in [1.54, 1.807) is 12.4 Å². The molecule has 5 aromatic rings. The summed E-state index contributed by atoms with van der Waals surface area (Å²) < 4.78 is 1.98. The molecule has 1 amide bonds. The largest absolute Gasteiger partial charge is 0.348 e. The average molecular weight is 571 g/mol. The molecule has 32 heavy (non-hydrogen) atoms. The highest BCUT2D eigenvalue weighted by Gasteiger charge is 2.16. The normalized spacial score (nSPS) is 11.2. The number of nitrogens with zero attached hydrogens (tertiary/aromatic N) is 3. The molecule has 8 heteroatoms. The number of fused-ring (bicyclic) bond motifs is 2. The van der Waals surface area contributed by atoms with Gasteiger partial charge in [0.25, 0.3) is 5.91 Å². The van der Waals surface area contributed by atoms with Crippen LogP contribution in [0.15, 0.2) is 79.3 Å². The zero-order chi connectivity index (χ0) is 22.1. The number of amides is 1. The van der Waals surface area contributed by atoms with Gasteiger partial charge in [-0.15, -0.1) is 0 Å². The van der Waals surface area contributed by atoms with Crippen LogP contribution >= 0.6 is 41.9 Å². The van der Waals surface area contributed by atoms with E-state index in [1.807, 2.05) is 64.8 Å². The first-order valence-corrected chi connectivity index (χ1v) is 13.5. The van der Waals surface area contributed by atoms with Crippen LogP contribution in [0.2, 0.25) is 5.02 Å². The number of rotatable bonds is 5. The lowest BCUT2D eigenvalue weighted by atomic mass is 10.0. The molecule has 2 aromatic carbocycles. The van der Waals surface area contributed by atoms with Crippen LogP contribution in [0, 0.1) is 0 Å². The van der Waals surface area contributed by atoms with Crippen LogP contribution in [0.25, 0.3) is 33.1 Å². The highest BCUT2D eigenvalue weighted by molar-refractivity contribution is 14.2. The highest BCUT2D eigenvalue weighted by atomic mass is 127. The van der Waals surface area contributed by atoms with Gasteiger partial charge in [-0.1, -0.05) is 48.0 Å². The van der Waals surface area contributed by atoms with E-state index in [2.05, 4.69) is 42.6 Å². The molecule has 0 unspecified atom stereocenters. The molecule has 0 radical (unpaired) electrons. The number of carbonyl (C=O) groups excluding carboxylic acids is 1. The number of aromatic nitrogens is 3. The predicted molar refractivity (Wildman–Crippen MR) is 140 cm³/mol. The van der Waals surface area contributed by atoms with Crippen molar-refractivity contribution in [3.05, 3.63) is 95.4 Å². The van der Waals surface area contributed by atoms with Crippen LogP contribution in [0.5, 0.6) is 0 Å². The number of hydrogen-bond acceptors (Lipinski definition) is 4. The Morgan fingerprint density at radius 3 is 2.75 bits per heavy atom. The Hall–Kier alpha value is -2.62. The number of hydrogen-bond donors (Lipinski definition) is 1. The lowest BCUT2D eigenvalue weighted by Gasteiger charge is -2.07. The maximum Gasteiger partial charge on any atom is 0.253 e. The number of carbonyl (C=O) groups is 1. The molecular weight excluding hydrogens is 555 g/mol. The smallest absolute Gasteiger partial charge is 0.253 e. The second-order valence-corrected chi connectivity index (χ2v) is 9.35. The average Bonchev–Trinajstić information content (AvgIpc) is 3.21. The van der Waals surface area contributed by atoms with E-state index in [4.69, 9.17) is 11.6 Å². The lowest BCUT2D eigenvalue weighted by Crippen LogP contribution is -2.22. The van der Waals surface area contributed by atoms with Gasteiger partial charge in [0.2, 0.25) is 0 Å². The summed E-state index contributed by atoms with van der Waals surface area (Å²) in [7, 11) is 1.52.